The number of rotatable bonds is 5. The lowest BCUT2D eigenvalue weighted by molar-refractivity contribution is 0.0612. The summed E-state index contributed by atoms with van der Waals surface area (Å²) in [6.07, 6.45) is 1.59. The van der Waals surface area contributed by atoms with Crippen molar-refractivity contribution in [3.63, 3.8) is 0 Å². The zero-order chi connectivity index (χ0) is 22.0. The molecule has 0 aliphatic heterocycles. The van der Waals surface area contributed by atoms with Crippen molar-refractivity contribution in [2.24, 2.45) is 4.99 Å². The van der Waals surface area contributed by atoms with Gasteiger partial charge in [0.2, 0.25) is 5.62 Å². The van der Waals surface area contributed by atoms with Crippen LogP contribution in [0.5, 0.6) is 5.75 Å². The van der Waals surface area contributed by atoms with E-state index in [0.29, 0.717) is 22.6 Å². The molecule has 158 valence electrons. The van der Waals surface area contributed by atoms with Crippen molar-refractivity contribution >= 4 is 16.9 Å². The molecule has 2 aromatic carbocycles. The Balaban J connectivity index is 1.76. The van der Waals surface area contributed by atoms with Crippen LogP contribution in [0.2, 0.25) is 0 Å². The first-order valence-electron chi connectivity index (χ1n) is 9.93. The molecule has 7 heteroatoms. The first kappa shape index (κ1) is 20.6. The number of hydrogen-bond acceptors (Lipinski definition) is 4. The number of ether oxygens (including phenoxy) is 1. The fraction of sp³-hybridized carbons (Fsp3) is 0.208. The van der Waals surface area contributed by atoms with Crippen molar-refractivity contribution in [3.05, 3.63) is 78.0 Å². The number of aromatic amines is 1. The third kappa shape index (κ3) is 4.57. The van der Waals surface area contributed by atoms with Gasteiger partial charge in [0.1, 0.15) is 5.75 Å². The molecule has 0 aliphatic carbocycles. The van der Waals surface area contributed by atoms with Gasteiger partial charge >= 0.3 is 0 Å². The first-order chi connectivity index (χ1) is 14.8. The highest BCUT2D eigenvalue weighted by Gasteiger charge is 2.17. The number of imidazole rings is 1. The van der Waals surface area contributed by atoms with E-state index in [2.05, 4.69) is 15.0 Å². The summed E-state index contributed by atoms with van der Waals surface area (Å²) < 4.78 is 7.09. The number of methoxy groups -OCH3 is 1. The molecular formula is C24H24N4O3. The minimum absolute atomic E-state index is 0.286. The quantitative estimate of drug-likeness (QED) is 0.520. The lowest BCUT2D eigenvalue weighted by Gasteiger charge is -2.18. The molecule has 0 aliphatic rings. The maximum absolute atomic E-state index is 13.0. The van der Waals surface area contributed by atoms with Gasteiger partial charge in [0.25, 0.3) is 5.91 Å². The summed E-state index contributed by atoms with van der Waals surface area (Å²) in [6.45, 7) is 3.72. The summed E-state index contributed by atoms with van der Waals surface area (Å²) in [5.41, 5.74) is 3.03. The maximum atomic E-state index is 13.0. The highest BCUT2D eigenvalue weighted by atomic mass is 16.5. The second kappa shape index (κ2) is 8.20. The van der Waals surface area contributed by atoms with Crippen molar-refractivity contribution in [1.82, 2.24) is 14.5 Å². The standard InChI is InChI=1S/C24H24N4O3/c1-24(2,30)15-28-21-10-5-4-9-19(21)26-23(28)27-22(29)17-11-12-25-20(14-17)16-7-6-8-18(13-16)31-3/h4-14,30H,15H2,1-3H3,(H,26,27,29). The molecule has 0 saturated carbocycles. The molecule has 0 bridgehead atoms. The van der Waals surface area contributed by atoms with Crippen molar-refractivity contribution in [2.45, 2.75) is 26.0 Å². The molecule has 2 heterocycles. The summed E-state index contributed by atoms with van der Waals surface area (Å²) in [5.74, 6) is 0.314. The molecular weight excluding hydrogens is 392 g/mol. The van der Waals surface area contributed by atoms with Gasteiger partial charge in [-0.15, -0.1) is 0 Å². The molecule has 4 rings (SSSR count). The predicted molar refractivity (Wildman–Crippen MR) is 119 cm³/mol. The van der Waals surface area contributed by atoms with Crippen LogP contribution in [0.3, 0.4) is 0 Å². The normalized spacial score (nSPS) is 12.3. The largest absolute Gasteiger partial charge is 0.497 e. The van der Waals surface area contributed by atoms with E-state index in [1.165, 1.54) is 0 Å². The minimum atomic E-state index is -0.973. The van der Waals surface area contributed by atoms with Crippen LogP contribution in [-0.4, -0.2) is 38.3 Å². The second-order valence-electron chi connectivity index (χ2n) is 7.94. The Morgan fingerprint density at radius 2 is 1.97 bits per heavy atom. The Labute approximate surface area is 179 Å². The third-order valence-corrected chi connectivity index (χ3v) is 4.82. The number of fused-ring (bicyclic) bond motifs is 1. The Morgan fingerprint density at radius 3 is 2.74 bits per heavy atom. The van der Waals surface area contributed by atoms with Crippen molar-refractivity contribution < 1.29 is 14.6 Å². The number of pyridine rings is 1. The average molecular weight is 416 g/mol. The number of aromatic nitrogens is 3. The molecule has 0 unspecified atom stereocenters. The van der Waals surface area contributed by atoms with Gasteiger partial charge in [-0.05, 0) is 50.2 Å². The Morgan fingerprint density at radius 1 is 1.16 bits per heavy atom. The van der Waals surface area contributed by atoms with Crippen molar-refractivity contribution in [2.75, 3.05) is 7.11 Å². The van der Waals surface area contributed by atoms with Crippen molar-refractivity contribution in [1.29, 1.82) is 0 Å². The SMILES string of the molecule is COc1cccc(-c2cc(C(=O)/N=c3\[nH]c4ccccc4n3CC(C)(C)O)ccn2)c1. The number of carbonyl (C=O) groups excluding carboxylic acids is 1. The third-order valence-electron chi connectivity index (χ3n) is 4.82. The smallest absolute Gasteiger partial charge is 0.280 e. The van der Waals surface area contributed by atoms with Gasteiger partial charge in [-0.3, -0.25) is 9.78 Å². The van der Waals surface area contributed by atoms with E-state index in [9.17, 15) is 9.90 Å². The molecule has 31 heavy (non-hydrogen) atoms. The number of para-hydroxylation sites is 2. The van der Waals surface area contributed by atoms with Crippen LogP contribution in [0.15, 0.2) is 71.9 Å². The van der Waals surface area contributed by atoms with Crippen LogP contribution < -0.4 is 10.4 Å². The van der Waals surface area contributed by atoms with E-state index in [1.54, 1.807) is 39.3 Å². The molecule has 0 saturated heterocycles. The highest BCUT2D eigenvalue weighted by molar-refractivity contribution is 5.95. The maximum Gasteiger partial charge on any atom is 0.280 e. The number of nitrogens with zero attached hydrogens (tertiary/aromatic N) is 3. The van der Waals surface area contributed by atoms with Gasteiger partial charge in [-0.2, -0.15) is 4.99 Å². The van der Waals surface area contributed by atoms with Crippen LogP contribution in [0, 0.1) is 0 Å². The second-order valence-corrected chi connectivity index (χ2v) is 7.94. The molecule has 2 aromatic heterocycles. The van der Waals surface area contributed by atoms with Crippen LogP contribution >= 0.6 is 0 Å². The van der Waals surface area contributed by atoms with Gasteiger partial charge in [-0.25, -0.2) is 0 Å². The Kier molecular flexibility index (Phi) is 5.44. The summed E-state index contributed by atoms with van der Waals surface area (Å²) in [4.78, 5) is 24.9. The van der Waals surface area contributed by atoms with Gasteiger partial charge < -0.3 is 19.4 Å². The van der Waals surface area contributed by atoms with Crippen LogP contribution in [-0.2, 0) is 6.54 Å². The van der Waals surface area contributed by atoms with Crippen LogP contribution in [0.1, 0.15) is 24.2 Å². The summed E-state index contributed by atoms with van der Waals surface area (Å²) in [7, 11) is 1.61. The number of nitrogens with one attached hydrogen (secondary N) is 1. The highest BCUT2D eigenvalue weighted by Crippen LogP contribution is 2.23. The van der Waals surface area contributed by atoms with Gasteiger partial charge in [0.05, 0.1) is 36.0 Å². The predicted octanol–water partition coefficient (Wildman–Crippen LogP) is 3.55. The summed E-state index contributed by atoms with van der Waals surface area (Å²) >= 11 is 0. The fourth-order valence-electron chi connectivity index (χ4n) is 3.42. The van der Waals surface area contributed by atoms with E-state index in [4.69, 9.17) is 4.74 Å². The lowest BCUT2D eigenvalue weighted by atomic mass is 10.1. The fourth-order valence-corrected chi connectivity index (χ4v) is 3.42. The lowest BCUT2D eigenvalue weighted by Crippen LogP contribution is -2.32. The van der Waals surface area contributed by atoms with E-state index in [1.807, 2.05) is 53.1 Å². The summed E-state index contributed by atoms with van der Waals surface area (Å²) in [6, 6.07) is 18.5. The van der Waals surface area contributed by atoms with Gasteiger partial charge in [0.15, 0.2) is 0 Å². The number of benzene rings is 2. The average Bonchev–Trinajstić information content (AvgIpc) is 3.09. The van der Waals surface area contributed by atoms with Crippen LogP contribution in [0.4, 0.5) is 0 Å². The van der Waals surface area contributed by atoms with Crippen molar-refractivity contribution in [3.8, 4) is 17.0 Å². The van der Waals surface area contributed by atoms with E-state index >= 15 is 0 Å². The summed E-state index contributed by atoms with van der Waals surface area (Å²) in [5, 5.41) is 10.3. The molecule has 1 amide bonds. The van der Waals surface area contributed by atoms with E-state index in [0.717, 1.165) is 16.6 Å². The number of aliphatic hydroxyl groups is 1. The topological polar surface area (TPSA) is 92.5 Å². The van der Waals surface area contributed by atoms with E-state index < -0.39 is 11.5 Å². The molecule has 4 aromatic rings. The van der Waals surface area contributed by atoms with Crippen LogP contribution in [0.25, 0.3) is 22.3 Å². The minimum Gasteiger partial charge on any atom is -0.497 e. The number of carbonyl (C=O) groups is 1. The number of amides is 1. The molecule has 0 atom stereocenters. The van der Waals surface area contributed by atoms with E-state index in [-0.39, 0.29) is 6.54 Å². The molecule has 0 radical (unpaired) electrons. The molecule has 2 N–H and O–H groups in total. The Bertz CT molecular complexity index is 1310. The molecule has 0 fully saturated rings. The zero-order valence-electron chi connectivity index (χ0n) is 17.7. The van der Waals surface area contributed by atoms with Gasteiger partial charge in [-0.1, -0.05) is 24.3 Å². The monoisotopic (exact) mass is 416 g/mol. The molecule has 7 nitrogen and oxygen atoms in total. The zero-order valence-corrected chi connectivity index (χ0v) is 17.7. The number of hydrogen-bond donors (Lipinski definition) is 2. The number of H-pyrrole nitrogens is 1. The molecule has 0 spiro atoms. The first-order valence-corrected chi connectivity index (χ1v) is 9.93. The van der Waals surface area contributed by atoms with Gasteiger partial charge in [0, 0.05) is 17.3 Å². The Hall–Kier alpha value is -3.71.